The van der Waals surface area contributed by atoms with Crippen LogP contribution in [-0.4, -0.2) is 20.1 Å². The molecule has 1 N–H and O–H groups in total. The number of carbonyl (C=O) groups is 1. The van der Waals surface area contributed by atoms with Gasteiger partial charge in [-0.25, -0.2) is 12.8 Å². The number of carbonyl (C=O) groups excluding carboxylic acids is 1. The Labute approximate surface area is 128 Å². The van der Waals surface area contributed by atoms with Crippen LogP contribution in [0.2, 0.25) is 0 Å². The Morgan fingerprint density at radius 2 is 1.64 bits per heavy atom. The first-order chi connectivity index (χ1) is 10.4. The molecule has 0 saturated heterocycles. The number of rotatable bonds is 5. The van der Waals surface area contributed by atoms with Crippen LogP contribution >= 0.6 is 0 Å². The van der Waals surface area contributed by atoms with Gasteiger partial charge < -0.3 is 5.32 Å². The predicted octanol–water partition coefficient (Wildman–Crippen LogP) is 2.22. The zero-order chi connectivity index (χ0) is 16.2. The first-order valence-electron chi connectivity index (χ1n) is 6.67. The molecular weight excluding hydrogens is 305 g/mol. The predicted molar refractivity (Wildman–Crippen MR) is 81.5 cm³/mol. The average molecular weight is 321 g/mol. The van der Waals surface area contributed by atoms with Crippen molar-refractivity contribution in [2.75, 3.05) is 5.75 Å². The SMILES string of the molecule is Cc1ccc(S(=O)(=O)CC(=O)NCc2ccc(F)cc2)cc1. The molecule has 2 aromatic carbocycles. The van der Waals surface area contributed by atoms with E-state index >= 15 is 0 Å². The third kappa shape index (κ3) is 4.39. The normalized spacial score (nSPS) is 11.2. The Hall–Kier alpha value is -2.21. The van der Waals surface area contributed by atoms with Gasteiger partial charge in [-0.15, -0.1) is 0 Å². The molecule has 0 radical (unpaired) electrons. The van der Waals surface area contributed by atoms with Crippen LogP contribution in [-0.2, 0) is 21.2 Å². The topological polar surface area (TPSA) is 63.2 Å². The number of sulfone groups is 1. The van der Waals surface area contributed by atoms with Crippen molar-refractivity contribution in [3.8, 4) is 0 Å². The molecular formula is C16H16FNO3S. The third-order valence-corrected chi connectivity index (χ3v) is 4.74. The molecule has 0 aliphatic rings. The summed E-state index contributed by atoms with van der Waals surface area (Å²) in [6, 6.07) is 12.0. The highest BCUT2D eigenvalue weighted by molar-refractivity contribution is 7.92. The lowest BCUT2D eigenvalue weighted by Gasteiger charge is -2.07. The van der Waals surface area contributed by atoms with Crippen LogP contribution in [0, 0.1) is 12.7 Å². The zero-order valence-electron chi connectivity index (χ0n) is 12.0. The van der Waals surface area contributed by atoms with Gasteiger partial charge in [0.05, 0.1) is 4.90 Å². The molecule has 22 heavy (non-hydrogen) atoms. The molecule has 0 aromatic heterocycles. The molecule has 2 aromatic rings. The Bertz CT molecular complexity index is 753. The molecule has 0 aliphatic heterocycles. The third-order valence-electron chi connectivity index (χ3n) is 3.10. The molecule has 0 fully saturated rings. The number of nitrogens with one attached hydrogen (secondary N) is 1. The molecule has 4 nitrogen and oxygen atoms in total. The van der Waals surface area contributed by atoms with E-state index in [1.807, 2.05) is 6.92 Å². The van der Waals surface area contributed by atoms with Gasteiger partial charge in [0.25, 0.3) is 0 Å². The Balaban J connectivity index is 1.96. The number of hydrogen-bond donors (Lipinski definition) is 1. The number of hydrogen-bond acceptors (Lipinski definition) is 3. The lowest BCUT2D eigenvalue weighted by atomic mass is 10.2. The van der Waals surface area contributed by atoms with Gasteiger partial charge in [-0.2, -0.15) is 0 Å². The number of halogens is 1. The molecule has 0 heterocycles. The van der Waals surface area contributed by atoms with Gasteiger partial charge in [0.15, 0.2) is 9.84 Å². The second-order valence-corrected chi connectivity index (χ2v) is 6.96. The summed E-state index contributed by atoms with van der Waals surface area (Å²) >= 11 is 0. The summed E-state index contributed by atoms with van der Waals surface area (Å²) < 4.78 is 37.0. The van der Waals surface area contributed by atoms with Crippen molar-refractivity contribution in [2.45, 2.75) is 18.4 Å². The van der Waals surface area contributed by atoms with Gasteiger partial charge in [0.1, 0.15) is 11.6 Å². The highest BCUT2D eigenvalue weighted by atomic mass is 32.2. The Morgan fingerprint density at radius 1 is 1.05 bits per heavy atom. The van der Waals surface area contributed by atoms with E-state index < -0.39 is 21.5 Å². The lowest BCUT2D eigenvalue weighted by Crippen LogP contribution is -2.29. The standard InChI is InChI=1S/C16H16FNO3S/c1-12-2-8-15(9-3-12)22(20,21)11-16(19)18-10-13-4-6-14(17)7-5-13/h2-9H,10-11H2,1H3,(H,18,19). The summed E-state index contributed by atoms with van der Waals surface area (Å²) in [5.41, 5.74) is 1.64. The maximum absolute atomic E-state index is 12.8. The summed E-state index contributed by atoms with van der Waals surface area (Å²) in [7, 11) is -3.66. The molecule has 0 spiro atoms. The second-order valence-electron chi connectivity index (χ2n) is 4.98. The van der Waals surface area contributed by atoms with Crippen LogP contribution in [0.3, 0.4) is 0 Å². The van der Waals surface area contributed by atoms with Gasteiger partial charge in [0.2, 0.25) is 5.91 Å². The average Bonchev–Trinajstić information content (AvgIpc) is 2.46. The monoisotopic (exact) mass is 321 g/mol. The first-order valence-corrected chi connectivity index (χ1v) is 8.32. The zero-order valence-corrected chi connectivity index (χ0v) is 12.9. The molecule has 0 aliphatic carbocycles. The summed E-state index contributed by atoms with van der Waals surface area (Å²) in [5, 5.41) is 2.52. The van der Waals surface area contributed by atoms with Crippen LogP contribution in [0.4, 0.5) is 4.39 Å². The van der Waals surface area contributed by atoms with Crippen molar-refractivity contribution in [3.05, 3.63) is 65.5 Å². The van der Waals surface area contributed by atoms with E-state index in [-0.39, 0.29) is 17.3 Å². The van der Waals surface area contributed by atoms with E-state index in [0.29, 0.717) is 5.56 Å². The fourth-order valence-corrected chi connectivity index (χ4v) is 3.02. The molecule has 116 valence electrons. The molecule has 1 amide bonds. The van der Waals surface area contributed by atoms with Crippen molar-refractivity contribution in [1.29, 1.82) is 0 Å². The van der Waals surface area contributed by atoms with E-state index in [1.54, 1.807) is 12.1 Å². The maximum Gasteiger partial charge on any atom is 0.235 e. The summed E-state index contributed by atoms with van der Waals surface area (Å²) in [6.07, 6.45) is 0. The molecule has 2 rings (SSSR count). The van der Waals surface area contributed by atoms with Crippen LogP contribution in [0.1, 0.15) is 11.1 Å². The fraction of sp³-hybridized carbons (Fsp3) is 0.188. The van der Waals surface area contributed by atoms with E-state index in [1.165, 1.54) is 36.4 Å². The van der Waals surface area contributed by atoms with Crippen LogP contribution in [0.5, 0.6) is 0 Å². The minimum Gasteiger partial charge on any atom is -0.351 e. The maximum atomic E-state index is 12.8. The fourth-order valence-electron chi connectivity index (χ4n) is 1.86. The number of benzene rings is 2. The van der Waals surface area contributed by atoms with Crippen molar-refractivity contribution in [2.24, 2.45) is 0 Å². The minimum absolute atomic E-state index is 0.120. The molecule has 6 heteroatoms. The van der Waals surface area contributed by atoms with Crippen molar-refractivity contribution in [1.82, 2.24) is 5.32 Å². The van der Waals surface area contributed by atoms with E-state index in [4.69, 9.17) is 0 Å². The molecule has 0 saturated carbocycles. The molecule has 0 bridgehead atoms. The highest BCUT2D eigenvalue weighted by Gasteiger charge is 2.18. The summed E-state index contributed by atoms with van der Waals surface area (Å²) in [4.78, 5) is 11.9. The highest BCUT2D eigenvalue weighted by Crippen LogP contribution is 2.12. The van der Waals surface area contributed by atoms with Crippen LogP contribution < -0.4 is 5.32 Å². The largest absolute Gasteiger partial charge is 0.351 e. The summed E-state index contributed by atoms with van der Waals surface area (Å²) in [5.74, 6) is -1.57. The first kappa shape index (κ1) is 16.2. The van der Waals surface area contributed by atoms with Gasteiger partial charge >= 0.3 is 0 Å². The minimum atomic E-state index is -3.66. The van der Waals surface area contributed by atoms with Crippen LogP contribution in [0.25, 0.3) is 0 Å². The molecule has 0 atom stereocenters. The van der Waals surface area contributed by atoms with Crippen LogP contribution in [0.15, 0.2) is 53.4 Å². The van der Waals surface area contributed by atoms with Gasteiger partial charge in [0, 0.05) is 6.54 Å². The van der Waals surface area contributed by atoms with Crippen molar-refractivity contribution in [3.63, 3.8) is 0 Å². The Kier molecular flexibility index (Phi) is 4.92. The lowest BCUT2D eigenvalue weighted by molar-refractivity contribution is -0.118. The smallest absolute Gasteiger partial charge is 0.235 e. The van der Waals surface area contributed by atoms with E-state index in [2.05, 4.69) is 5.32 Å². The quantitative estimate of drug-likeness (QED) is 0.918. The number of amides is 1. The van der Waals surface area contributed by atoms with Crippen molar-refractivity contribution >= 4 is 15.7 Å². The number of aryl methyl sites for hydroxylation is 1. The van der Waals surface area contributed by atoms with E-state index in [9.17, 15) is 17.6 Å². The van der Waals surface area contributed by atoms with Gasteiger partial charge in [-0.3, -0.25) is 4.79 Å². The van der Waals surface area contributed by atoms with Crippen molar-refractivity contribution < 1.29 is 17.6 Å². The molecule has 0 unspecified atom stereocenters. The van der Waals surface area contributed by atoms with E-state index in [0.717, 1.165) is 5.56 Å². The second kappa shape index (κ2) is 6.70. The Morgan fingerprint density at radius 3 is 2.23 bits per heavy atom. The van der Waals surface area contributed by atoms with Gasteiger partial charge in [-0.05, 0) is 36.8 Å². The summed E-state index contributed by atoms with van der Waals surface area (Å²) in [6.45, 7) is 2.01. The van der Waals surface area contributed by atoms with Gasteiger partial charge in [-0.1, -0.05) is 29.8 Å².